The second kappa shape index (κ2) is 7.73. The number of fused-ring (bicyclic) bond motifs is 1. The van der Waals surface area contributed by atoms with E-state index in [1.165, 1.54) is 17.5 Å². The highest BCUT2D eigenvalue weighted by molar-refractivity contribution is 7.11. The van der Waals surface area contributed by atoms with Crippen molar-refractivity contribution in [3.8, 4) is 11.1 Å². The number of halogens is 1. The number of thiophene rings is 1. The van der Waals surface area contributed by atoms with Crippen molar-refractivity contribution in [2.75, 3.05) is 0 Å². The molecule has 0 atom stereocenters. The van der Waals surface area contributed by atoms with Crippen LogP contribution in [0.15, 0.2) is 54.0 Å². The number of hydrogen-bond acceptors (Lipinski definition) is 5. The van der Waals surface area contributed by atoms with Crippen molar-refractivity contribution in [1.29, 1.82) is 0 Å². The summed E-state index contributed by atoms with van der Waals surface area (Å²) in [6.45, 7) is 1.93. The third-order valence-electron chi connectivity index (χ3n) is 4.62. The van der Waals surface area contributed by atoms with Crippen LogP contribution in [0.5, 0.6) is 0 Å². The summed E-state index contributed by atoms with van der Waals surface area (Å²) in [5, 5.41) is 12.1. The van der Waals surface area contributed by atoms with Crippen LogP contribution in [0.25, 0.3) is 22.2 Å². The van der Waals surface area contributed by atoms with Crippen molar-refractivity contribution in [2.24, 2.45) is 0 Å². The normalized spacial score (nSPS) is 11.0. The number of carbonyl (C=O) groups is 2. The van der Waals surface area contributed by atoms with Crippen LogP contribution in [-0.4, -0.2) is 26.8 Å². The molecule has 0 bridgehead atoms. The molecule has 2 heterocycles. The lowest BCUT2D eigenvalue weighted by Crippen LogP contribution is -2.09. The molecule has 4 aromatic rings. The number of hydrogen-bond donors (Lipinski definition) is 1. The van der Waals surface area contributed by atoms with Gasteiger partial charge in [0, 0.05) is 21.9 Å². The SMILES string of the molecule is Cc1cccc2nc(C(=O)Cc3scc(-c4ccc(Cl)cc4)c3C(=O)O)cnc12. The van der Waals surface area contributed by atoms with Gasteiger partial charge in [0.1, 0.15) is 5.69 Å². The van der Waals surface area contributed by atoms with Gasteiger partial charge in [0.25, 0.3) is 0 Å². The molecule has 29 heavy (non-hydrogen) atoms. The minimum atomic E-state index is -1.07. The first-order chi connectivity index (χ1) is 13.9. The van der Waals surface area contributed by atoms with Gasteiger partial charge >= 0.3 is 5.97 Å². The van der Waals surface area contributed by atoms with Crippen LogP contribution in [0.3, 0.4) is 0 Å². The molecule has 0 amide bonds. The topological polar surface area (TPSA) is 80.2 Å². The first-order valence-electron chi connectivity index (χ1n) is 8.79. The lowest BCUT2D eigenvalue weighted by molar-refractivity contribution is 0.0697. The van der Waals surface area contributed by atoms with Crippen molar-refractivity contribution in [1.82, 2.24) is 9.97 Å². The van der Waals surface area contributed by atoms with Crippen molar-refractivity contribution in [2.45, 2.75) is 13.3 Å². The number of aryl methyl sites for hydroxylation is 1. The average Bonchev–Trinajstić information content (AvgIpc) is 3.12. The number of aromatic carboxylic acids is 1. The van der Waals surface area contributed by atoms with Crippen molar-refractivity contribution in [3.63, 3.8) is 0 Å². The highest BCUT2D eigenvalue weighted by Gasteiger charge is 2.22. The fraction of sp³-hybridized carbons (Fsp3) is 0.0909. The second-order valence-corrected chi connectivity index (χ2v) is 7.96. The number of para-hydroxylation sites is 1. The zero-order valence-electron chi connectivity index (χ0n) is 15.3. The molecule has 2 aromatic carbocycles. The van der Waals surface area contributed by atoms with E-state index in [0.29, 0.717) is 21.0 Å². The molecule has 0 saturated heterocycles. The van der Waals surface area contributed by atoms with Gasteiger partial charge in [-0.1, -0.05) is 35.9 Å². The molecule has 0 aliphatic rings. The van der Waals surface area contributed by atoms with Crippen LogP contribution in [0.4, 0.5) is 0 Å². The smallest absolute Gasteiger partial charge is 0.337 e. The van der Waals surface area contributed by atoms with Gasteiger partial charge in [-0.05, 0) is 41.6 Å². The zero-order chi connectivity index (χ0) is 20.5. The summed E-state index contributed by atoms with van der Waals surface area (Å²) in [7, 11) is 0. The van der Waals surface area contributed by atoms with Gasteiger partial charge in [-0.2, -0.15) is 0 Å². The molecular weight excluding hydrogens is 408 g/mol. The van der Waals surface area contributed by atoms with Crippen LogP contribution in [0, 0.1) is 6.92 Å². The van der Waals surface area contributed by atoms with Crippen molar-refractivity contribution < 1.29 is 14.7 Å². The van der Waals surface area contributed by atoms with Gasteiger partial charge in [-0.15, -0.1) is 11.3 Å². The van der Waals surface area contributed by atoms with Crippen LogP contribution in [-0.2, 0) is 6.42 Å². The summed E-state index contributed by atoms with van der Waals surface area (Å²) < 4.78 is 0. The number of nitrogens with zero attached hydrogens (tertiary/aromatic N) is 2. The number of ketones is 1. The Morgan fingerprint density at radius 3 is 2.62 bits per heavy atom. The van der Waals surface area contributed by atoms with Gasteiger partial charge in [0.15, 0.2) is 5.78 Å². The third kappa shape index (κ3) is 3.77. The summed E-state index contributed by atoms with van der Waals surface area (Å²) in [5.74, 6) is -1.34. The Kier molecular flexibility index (Phi) is 5.13. The van der Waals surface area contributed by atoms with Crippen LogP contribution in [0.2, 0.25) is 5.02 Å². The van der Waals surface area contributed by atoms with E-state index in [9.17, 15) is 14.7 Å². The number of carbonyl (C=O) groups excluding carboxylic acids is 1. The number of carboxylic acid groups (broad SMARTS) is 1. The van der Waals surface area contributed by atoms with Gasteiger partial charge < -0.3 is 5.11 Å². The Hall–Kier alpha value is -3.09. The maximum atomic E-state index is 12.8. The molecule has 2 aromatic heterocycles. The number of benzene rings is 2. The zero-order valence-corrected chi connectivity index (χ0v) is 16.9. The quantitative estimate of drug-likeness (QED) is 0.433. The van der Waals surface area contributed by atoms with Crippen LogP contribution >= 0.6 is 22.9 Å². The summed E-state index contributed by atoms with van der Waals surface area (Å²) in [4.78, 5) is 34.0. The second-order valence-electron chi connectivity index (χ2n) is 6.56. The highest BCUT2D eigenvalue weighted by atomic mass is 35.5. The molecule has 0 fully saturated rings. The molecule has 0 saturated carbocycles. The lowest BCUT2D eigenvalue weighted by Gasteiger charge is -2.05. The Bertz CT molecular complexity index is 1250. The van der Waals surface area contributed by atoms with E-state index in [0.717, 1.165) is 16.6 Å². The Balaban J connectivity index is 1.68. The van der Waals surface area contributed by atoms with Gasteiger partial charge in [-0.3, -0.25) is 9.78 Å². The van der Waals surface area contributed by atoms with Gasteiger partial charge in [0.05, 0.1) is 22.8 Å². The summed E-state index contributed by atoms with van der Waals surface area (Å²) in [6, 6.07) is 12.5. The summed E-state index contributed by atoms with van der Waals surface area (Å²) in [6.07, 6.45) is 1.40. The van der Waals surface area contributed by atoms with Gasteiger partial charge in [-0.25, -0.2) is 9.78 Å². The largest absolute Gasteiger partial charge is 0.478 e. The molecule has 4 rings (SSSR count). The molecule has 144 valence electrons. The predicted octanol–water partition coefficient (Wildman–Crippen LogP) is 5.44. The Morgan fingerprint density at radius 2 is 1.90 bits per heavy atom. The van der Waals surface area contributed by atoms with Crippen molar-refractivity contribution in [3.05, 3.63) is 80.8 Å². The number of Topliss-reactive ketones (excluding diaryl/α,β-unsaturated/α-hetero) is 1. The summed E-state index contributed by atoms with van der Waals surface area (Å²) in [5.41, 5.74) is 4.04. The molecule has 0 unspecified atom stereocenters. The first-order valence-corrected chi connectivity index (χ1v) is 10.0. The Morgan fingerprint density at radius 1 is 1.14 bits per heavy atom. The number of aromatic nitrogens is 2. The number of carboxylic acids is 1. The van der Waals surface area contributed by atoms with Crippen LogP contribution in [0.1, 0.15) is 31.3 Å². The summed E-state index contributed by atoms with van der Waals surface area (Å²) >= 11 is 7.17. The van der Waals surface area contributed by atoms with E-state index >= 15 is 0 Å². The molecule has 0 aliphatic heterocycles. The fourth-order valence-corrected chi connectivity index (χ4v) is 4.33. The minimum absolute atomic E-state index is 0.0497. The standard InChI is InChI=1S/C22H15ClN2O3S/c1-12-3-2-4-16-21(12)24-10-17(25-16)18(26)9-19-20(22(27)28)15(11-29-19)13-5-7-14(23)8-6-13/h2-8,10-11H,9H2,1H3,(H,27,28). The molecule has 0 spiro atoms. The van der Waals surface area contributed by atoms with E-state index in [4.69, 9.17) is 11.6 Å². The van der Waals surface area contributed by atoms with E-state index in [-0.39, 0.29) is 23.5 Å². The lowest BCUT2D eigenvalue weighted by atomic mass is 10.0. The monoisotopic (exact) mass is 422 g/mol. The molecular formula is C22H15ClN2O3S. The maximum absolute atomic E-state index is 12.8. The van der Waals surface area contributed by atoms with Crippen molar-refractivity contribution >= 4 is 45.7 Å². The third-order valence-corrected chi connectivity index (χ3v) is 5.85. The van der Waals surface area contributed by atoms with Crippen LogP contribution < -0.4 is 0 Å². The molecule has 7 heteroatoms. The van der Waals surface area contributed by atoms with E-state index in [1.807, 2.05) is 19.1 Å². The van der Waals surface area contributed by atoms with E-state index in [2.05, 4.69) is 9.97 Å². The maximum Gasteiger partial charge on any atom is 0.337 e. The fourth-order valence-electron chi connectivity index (χ4n) is 3.16. The Labute approximate surface area is 175 Å². The van der Waals surface area contributed by atoms with Gasteiger partial charge in [0.2, 0.25) is 0 Å². The number of rotatable bonds is 5. The highest BCUT2D eigenvalue weighted by Crippen LogP contribution is 2.33. The molecule has 0 radical (unpaired) electrons. The first kappa shape index (κ1) is 19.2. The van der Waals surface area contributed by atoms with E-state index in [1.54, 1.807) is 35.7 Å². The van der Waals surface area contributed by atoms with E-state index < -0.39 is 5.97 Å². The molecule has 0 aliphatic carbocycles. The predicted molar refractivity (Wildman–Crippen MR) is 114 cm³/mol. The molecule has 1 N–H and O–H groups in total. The minimum Gasteiger partial charge on any atom is -0.478 e. The average molecular weight is 423 g/mol. The molecule has 5 nitrogen and oxygen atoms in total.